The lowest BCUT2D eigenvalue weighted by atomic mass is 9.79. The first-order valence-corrected chi connectivity index (χ1v) is 8.44. The fourth-order valence-electron chi connectivity index (χ4n) is 3.55. The molecule has 116 valence electrons. The minimum atomic E-state index is 0.422. The molecule has 3 aliphatic rings. The Morgan fingerprint density at radius 2 is 1.95 bits per heavy atom. The van der Waals surface area contributed by atoms with Gasteiger partial charge in [-0.2, -0.15) is 0 Å². The van der Waals surface area contributed by atoms with Gasteiger partial charge in [0.25, 0.3) is 0 Å². The van der Waals surface area contributed by atoms with Crippen LogP contribution in [-0.4, -0.2) is 63.0 Å². The van der Waals surface area contributed by atoms with E-state index >= 15 is 0 Å². The molecule has 2 saturated heterocycles. The Kier molecular flexibility index (Phi) is 4.97. The molecule has 2 heterocycles. The third kappa shape index (κ3) is 3.73. The minimum absolute atomic E-state index is 0.422. The van der Waals surface area contributed by atoms with Gasteiger partial charge in [-0.1, -0.05) is 6.92 Å². The Morgan fingerprint density at radius 3 is 2.65 bits per heavy atom. The van der Waals surface area contributed by atoms with Crippen molar-refractivity contribution in [1.82, 2.24) is 10.2 Å². The smallest absolute Gasteiger partial charge is 0.0622 e. The van der Waals surface area contributed by atoms with Crippen LogP contribution < -0.4 is 5.32 Å². The summed E-state index contributed by atoms with van der Waals surface area (Å²) in [6, 6.07) is 1.42. The number of hydrogen-bond donors (Lipinski definition) is 1. The third-order valence-electron chi connectivity index (χ3n) is 5.26. The molecule has 3 fully saturated rings. The number of hydrogen-bond acceptors (Lipinski definition) is 4. The predicted octanol–water partition coefficient (Wildman–Crippen LogP) is 1.65. The molecule has 1 N–H and O–H groups in total. The molecule has 0 aromatic rings. The van der Waals surface area contributed by atoms with Crippen molar-refractivity contribution in [3.63, 3.8) is 0 Å². The highest BCUT2D eigenvalue weighted by Crippen LogP contribution is 2.33. The number of morpholine rings is 1. The Bertz CT molecular complexity index is 301. The van der Waals surface area contributed by atoms with Crippen LogP contribution in [0.15, 0.2) is 0 Å². The SMILES string of the molecule is CCC1COCCN1CC1(CNC2CC2)CCOCC1. The maximum atomic E-state index is 5.65. The molecule has 4 heteroatoms. The second kappa shape index (κ2) is 6.73. The van der Waals surface area contributed by atoms with E-state index < -0.39 is 0 Å². The zero-order valence-electron chi connectivity index (χ0n) is 12.9. The summed E-state index contributed by atoms with van der Waals surface area (Å²) in [6.07, 6.45) is 6.37. The molecule has 0 aromatic heterocycles. The molecule has 1 atom stereocenters. The van der Waals surface area contributed by atoms with Crippen molar-refractivity contribution in [3.05, 3.63) is 0 Å². The number of rotatable bonds is 6. The van der Waals surface area contributed by atoms with E-state index in [0.717, 1.165) is 39.0 Å². The lowest BCUT2D eigenvalue weighted by molar-refractivity contribution is -0.0546. The molecule has 1 saturated carbocycles. The summed E-state index contributed by atoms with van der Waals surface area (Å²) in [7, 11) is 0. The van der Waals surface area contributed by atoms with Crippen molar-refractivity contribution in [3.8, 4) is 0 Å². The van der Waals surface area contributed by atoms with Gasteiger partial charge in [-0.15, -0.1) is 0 Å². The van der Waals surface area contributed by atoms with Crippen LogP contribution in [-0.2, 0) is 9.47 Å². The molecule has 0 amide bonds. The zero-order chi connectivity index (χ0) is 13.8. The van der Waals surface area contributed by atoms with Gasteiger partial charge < -0.3 is 14.8 Å². The highest BCUT2D eigenvalue weighted by Gasteiger charge is 2.38. The number of ether oxygens (including phenoxy) is 2. The minimum Gasteiger partial charge on any atom is -0.381 e. The summed E-state index contributed by atoms with van der Waals surface area (Å²) in [5.74, 6) is 0. The van der Waals surface area contributed by atoms with E-state index in [1.54, 1.807) is 0 Å². The fourth-order valence-corrected chi connectivity index (χ4v) is 3.55. The quantitative estimate of drug-likeness (QED) is 0.803. The molecule has 2 aliphatic heterocycles. The molecule has 4 nitrogen and oxygen atoms in total. The lowest BCUT2D eigenvalue weighted by Crippen LogP contribution is -2.53. The molecule has 0 radical (unpaired) electrons. The summed E-state index contributed by atoms with van der Waals surface area (Å²) >= 11 is 0. The molecule has 0 spiro atoms. The van der Waals surface area contributed by atoms with Gasteiger partial charge in [0.2, 0.25) is 0 Å². The van der Waals surface area contributed by atoms with Gasteiger partial charge in [-0.25, -0.2) is 0 Å². The number of nitrogens with one attached hydrogen (secondary N) is 1. The van der Waals surface area contributed by atoms with Gasteiger partial charge in [0.1, 0.15) is 0 Å². The van der Waals surface area contributed by atoms with E-state index in [1.165, 1.54) is 45.2 Å². The molecule has 20 heavy (non-hydrogen) atoms. The normalized spacial score (nSPS) is 31.4. The average molecular weight is 282 g/mol. The van der Waals surface area contributed by atoms with E-state index in [-0.39, 0.29) is 0 Å². The average Bonchev–Trinajstić information content (AvgIpc) is 3.31. The van der Waals surface area contributed by atoms with Crippen LogP contribution in [0.4, 0.5) is 0 Å². The van der Waals surface area contributed by atoms with E-state index in [2.05, 4.69) is 17.1 Å². The second-order valence-corrected chi connectivity index (χ2v) is 6.88. The van der Waals surface area contributed by atoms with Crippen molar-refractivity contribution in [2.45, 2.75) is 51.1 Å². The van der Waals surface area contributed by atoms with Gasteiger partial charge in [0.05, 0.1) is 13.2 Å². The van der Waals surface area contributed by atoms with E-state index in [9.17, 15) is 0 Å². The summed E-state index contributed by atoms with van der Waals surface area (Å²) < 4.78 is 11.3. The van der Waals surface area contributed by atoms with Crippen LogP contribution in [0.25, 0.3) is 0 Å². The maximum absolute atomic E-state index is 5.65. The third-order valence-corrected chi connectivity index (χ3v) is 5.26. The van der Waals surface area contributed by atoms with Gasteiger partial charge in [-0.3, -0.25) is 4.90 Å². The number of nitrogens with zero attached hydrogens (tertiary/aromatic N) is 1. The van der Waals surface area contributed by atoms with E-state index in [0.29, 0.717) is 11.5 Å². The van der Waals surface area contributed by atoms with Crippen LogP contribution in [0.3, 0.4) is 0 Å². The molecule has 1 unspecified atom stereocenters. The van der Waals surface area contributed by atoms with Crippen molar-refractivity contribution in [2.75, 3.05) is 46.1 Å². The monoisotopic (exact) mass is 282 g/mol. The summed E-state index contributed by atoms with van der Waals surface area (Å²) in [4.78, 5) is 2.68. The van der Waals surface area contributed by atoms with Gasteiger partial charge in [-0.05, 0) is 37.5 Å². The van der Waals surface area contributed by atoms with Crippen LogP contribution in [0, 0.1) is 5.41 Å². The second-order valence-electron chi connectivity index (χ2n) is 6.88. The highest BCUT2D eigenvalue weighted by atomic mass is 16.5. The first-order chi connectivity index (χ1) is 9.81. The van der Waals surface area contributed by atoms with Gasteiger partial charge >= 0.3 is 0 Å². The predicted molar refractivity (Wildman–Crippen MR) is 80.0 cm³/mol. The van der Waals surface area contributed by atoms with Crippen molar-refractivity contribution < 1.29 is 9.47 Å². The Balaban J connectivity index is 1.61. The molecule has 3 rings (SSSR count). The van der Waals surface area contributed by atoms with E-state index in [1.807, 2.05) is 0 Å². The first kappa shape index (κ1) is 14.8. The van der Waals surface area contributed by atoms with Crippen molar-refractivity contribution >= 4 is 0 Å². The van der Waals surface area contributed by atoms with Crippen molar-refractivity contribution in [2.24, 2.45) is 5.41 Å². The molecule has 0 aromatic carbocycles. The first-order valence-electron chi connectivity index (χ1n) is 8.44. The lowest BCUT2D eigenvalue weighted by Gasteiger charge is -2.45. The molecular formula is C16H30N2O2. The molecular weight excluding hydrogens is 252 g/mol. The molecule has 1 aliphatic carbocycles. The summed E-state index contributed by atoms with van der Waals surface area (Å²) in [5, 5.41) is 3.78. The van der Waals surface area contributed by atoms with Crippen LogP contribution in [0.2, 0.25) is 0 Å². The Hall–Kier alpha value is -0.160. The van der Waals surface area contributed by atoms with Crippen LogP contribution in [0.1, 0.15) is 39.0 Å². The van der Waals surface area contributed by atoms with Crippen LogP contribution >= 0.6 is 0 Å². The standard InChI is InChI=1S/C16H30N2O2/c1-2-15-11-20-10-7-18(15)13-16(5-8-19-9-6-16)12-17-14-3-4-14/h14-15,17H,2-13H2,1H3. The largest absolute Gasteiger partial charge is 0.381 e. The summed E-state index contributed by atoms with van der Waals surface area (Å²) in [6.45, 7) is 9.47. The Labute approximate surface area is 123 Å². The molecule has 0 bridgehead atoms. The highest BCUT2D eigenvalue weighted by molar-refractivity contribution is 4.92. The van der Waals surface area contributed by atoms with Gasteiger partial charge in [0, 0.05) is 44.9 Å². The Morgan fingerprint density at radius 1 is 1.15 bits per heavy atom. The zero-order valence-corrected chi connectivity index (χ0v) is 12.9. The fraction of sp³-hybridized carbons (Fsp3) is 1.00. The van der Waals surface area contributed by atoms with Crippen molar-refractivity contribution in [1.29, 1.82) is 0 Å². The summed E-state index contributed by atoms with van der Waals surface area (Å²) in [5.41, 5.74) is 0.422. The van der Waals surface area contributed by atoms with E-state index in [4.69, 9.17) is 9.47 Å². The van der Waals surface area contributed by atoms with Gasteiger partial charge in [0.15, 0.2) is 0 Å². The maximum Gasteiger partial charge on any atom is 0.0622 e. The van der Waals surface area contributed by atoms with Crippen LogP contribution in [0.5, 0.6) is 0 Å². The topological polar surface area (TPSA) is 33.7 Å².